The molecular formula is C13H17ClN2O2. The number of likely N-dealkylation sites (N-methyl/N-ethyl adjacent to an activating group) is 1. The van der Waals surface area contributed by atoms with Crippen LogP contribution in [0.1, 0.15) is 17.3 Å². The standard InChI is InChI=1S/C13H17ClN2O2/c1-9-8-15(2)5-6-16(9)10-3-4-11(13(17)18)12(14)7-10/h3-4,7,9H,5-6,8H2,1-2H3,(H,17,18). The van der Waals surface area contributed by atoms with E-state index in [-0.39, 0.29) is 5.56 Å². The van der Waals surface area contributed by atoms with Crippen LogP contribution in [-0.4, -0.2) is 48.7 Å². The number of rotatable bonds is 2. The van der Waals surface area contributed by atoms with Crippen LogP contribution in [0.5, 0.6) is 0 Å². The highest BCUT2D eigenvalue weighted by atomic mass is 35.5. The number of anilines is 1. The molecule has 0 aromatic heterocycles. The van der Waals surface area contributed by atoms with Crippen molar-refractivity contribution in [2.75, 3.05) is 31.6 Å². The Hall–Kier alpha value is -1.26. The van der Waals surface area contributed by atoms with Crippen molar-refractivity contribution in [1.29, 1.82) is 0 Å². The van der Waals surface area contributed by atoms with E-state index in [4.69, 9.17) is 16.7 Å². The Kier molecular flexibility index (Phi) is 3.78. The van der Waals surface area contributed by atoms with Crippen LogP contribution in [0.4, 0.5) is 5.69 Å². The zero-order valence-electron chi connectivity index (χ0n) is 10.6. The molecule has 0 amide bonds. The minimum absolute atomic E-state index is 0.155. The molecule has 1 saturated heterocycles. The third kappa shape index (κ3) is 2.60. The molecule has 0 saturated carbocycles. The Morgan fingerprint density at radius 1 is 1.44 bits per heavy atom. The van der Waals surface area contributed by atoms with E-state index in [2.05, 4.69) is 23.8 Å². The third-order valence-corrected chi connectivity index (χ3v) is 3.66. The predicted octanol–water partition coefficient (Wildman–Crippen LogP) is 2.18. The second kappa shape index (κ2) is 5.16. The van der Waals surface area contributed by atoms with E-state index in [9.17, 15) is 4.79 Å². The summed E-state index contributed by atoms with van der Waals surface area (Å²) in [4.78, 5) is 15.5. The van der Waals surface area contributed by atoms with E-state index >= 15 is 0 Å². The summed E-state index contributed by atoms with van der Waals surface area (Å²) in [5, 5.41) is 9.25. The molecule has 2 rings (SSSR count). The molecule has 0 radical (unpaired) electrons. The summed E-state index contributed by atoms with van der Waals surface area (Å²) in [5.41, 5.74) is 1.15. The highest BCUT2D eigenvalue weighted by molar-refractivity contribution is 6.33. The minimum Gasteiger partial charge on any atom is -0.478 e. The van der Waals surface area contributed by atoms with Gasteiger partial charge in [0.25, 0.3) is 0 Å². The average molecular weight is 269 g/mol. The van der Waals surface area contributed by atoms with Crippen LogP contribution in [-0.2, 0) is 0 Å². The van der Waals surface area contributed by atoms with Crippen molar-refractivity contribution < 1.29 is 9.90 Å². The van der Waals surface area contributed by atoms with E-state index in [0.29, 0.717) is 11.1 Å². The van der Waals surface area contributed by atoms with Gasteiger partial charge in [-0.3, -0.25) is 0 Å². The molecule has 0 aliphatic carbocycles. The predicted molar refractivity (Wildman–Crippen MR) is 72.7 cm³/mol. The van der Waals surface area contributed by atoms with Crippen LogP contribution in [0.25, 0.3) is 0 Å². The normalized spacial score (nSPS) is 21.1. The zero-order valence-corrected chi connectivity index (χ0v) is 11.3. The fourth-order valence-corrected chi connectivity index (χ4v) is 2.64. The summed E-state index contributed by atoms with van der Waals surface area (Å²) < 4.78 is 0. The fourth-order valence-electron chi connectivity index (χ4n) is 2.38. The zero-order chi connectivity index (χ0) is 13.3. The lowest BCUT2D eigenvalue weighted by Gasteiger charge is -2.39. The lowest BCUT2D eigenvalue weighted by atomic mass is 10.1. The quantitative estimate of drug-likeness (QED) is 0.893. The summed E-state index contributed by atoms with van der Waals surface area (Å²) >= 11 is 6.00. The molecular weight excluding hydrogens is 252 g/mol. The van der Waals surface area contributed by atoms with Gasteiger partial charge < -0.3 is 14.9 Å². The molecule has 1 unspecified atom stereocenters. The Labute approximate surface area is 112 Å². The van der Waals surface area contributed by atoms with Gasteiger partial charge in [0.1, 0.15) is 0 Å². The van der Waals surface area contributed by atoms with Crippen molar-refractivity contribution in [2.45, 2.75) is 13.0 Å². The molecule has 5 heteroatoms. The molecule has 1 aliphatic rings. The molecule has 0 bridgehead atoms. The molecule has 98 valence electrons. The number of piperazine rings is 1. The smallest absolute Gasteiger partial charge is 0.337 e. The van der Waals surface area contributed by atoms with E-state index < -0.39 is 5.97 Å². The van der Waals surface area contributed by atoms with Crippen molar-refractivity contribution in [3.05, 3.63) is 28.8 Å². The third-order valence-electron chi connectivity index (χ3n) is 3.35. The molecule has 1 aromatic rings. The Bertz CT molecular complexity index is 464. The number of carboxylic acid groups (broad SMARTS) is 1. The Morgan fingerprint density at radius 3 is 2.72 bits per heavy atom. The van der Waals surface area contributed by atoms with E-state index in [1.807, 2.05) is 6.07 Å². The highest BCUT2D eigenvalue weighted by Gasteiger charge is 2.22. The number of carboxylic acids is 1. The first kappa shape index (κ1) is 13.2. The van der Waals surface area contributed by atoms with E-state index in [0.717, 1.165) is 25.3 Å². The summed E-state index contributed by atoms with van der Waals surface area (Å²) in [6.07, 6.45) is 0. The average Bonchev–Trinajstić information content (AvgIpc) is 2.28. The molecule has 4 nitrogen and oxygen atoms in total. The molecule has 1 aliphatic heterocycles. The van der Waals surface area contributed by atoms with Crippen molar-refractivity contribution >= 4 is 23.3 Å². The first-order valence-corrected chi connectivity index (χ1v) is 6.35. The topological polar surface area (TPSA) is 43.8 Å². The monoisotopic (exact) mass is 268 g/mol. The molecule has 1 heterocycles. The number of hydrogen-bond acceptors (Lipinski definition) is 3. The summed E-state index contributed by atoms with van der Waals surface area (Å²) in [7, 11) is 2.11. The number of aromatic carboxylic acids is 1. The molecule has 18 heavy (non-hydrogen) atoms. The molecule has 0 spiro atoms. The number of benzene rings is 1. The van der Waals surface area contributed by atoms with Gasteiger partial charge >= 0.3 is 5.97 Å². The van der Waals surface area contributed by atoms with Gasteiger partial charge in [0.15, 0.2) is 0 Å². The number of carbonyl (C=O) groups is 1. The van der Waals surface area contributed by atoms with Gasteiger partial charge in [-0.05, 0) is 32.2 Å². The SMILES string of the molecule is CC1CN(C)CCN1c1ccc(C(=O)O)c(Cl)c1. The van der Waals surface area contributed by atoms with E-state index in [1.54, 1.807) is 12.1 Å². The van der Waals surface area contributed by atoms with Gasteiger partial charge in [0.05, 0.1) is 10.6 Å². The molecule has 1 aromatic carbocycles. The van der Waals surface area contributed by atoms with Crippen molar-refractivity contribution in [3.8, 4) is 0 Å². The van der Waals surface area contributed by atoms with Crippen LogP contribution in [0.15, 0.2) is 18.2 Å². The molecule has 1 N–H and O–H groups in total. The van der Waals surface area contributed by atoms with Crippen molar-refractivity contribution in [1.82, 2.24) is 4.90 Å². The second-order valence-electron chi connectivity index (χ2n) is 4.77. The van der Waals surface area contributed by atoms with Crippen LogP contribution >= 0.6 is 11.6 Å². The first-order chi connectivity index (χ1) is 8.49. The maximum absolute atomic E-state index is 10.9. The molecule has 1 atom stereocenters. The maximum Gasteiger partial charge on any atom is 0.337 e. The highest BCUT2D eigenvalue weighted by Crippen LogP contribution is 2.26. The van der Waals surface area contributed by atoms with Crippen LogP contribution < -0.4 is 4.90 Å². The van der Waals surface area contributed by atoms with E-state index in [1.165, 1.54) is 0 Å². The maximum atomic E-state index is 10.9. The van der Waals surface area contributed by atoms with Gasteiger partial charge in [-0.15, -0.1) is 0 Å². The Morgan fingerprint density at radius 2 is 2.17 bits per heavy atom. The summed E-state index contributed by atoms with van der Waals surface area (Å²) in [6, 6.07) is 5.55. The Balaban J connectivity index is 2.24. The van der Waals surface area contributed by atoms with Crippen LogP contribution in [0, 0.1) is 0 Å². The second-order valence-corrected chi connectivity index (χ2v) is 5.18. The molecule has 1 fully saturated rings. The van der Waals surface area contributed by atoms with Gasteiger partial charge in [0.2, 0.25) is 0 Å². The van der Waals surface area contributed by atoms with Gasteiger partial charge in [-0.25, -0.2) is 4.79 Å². The fraction of sp³-hybridized carbons (Fsp3) is 0.462. The van der Waals surface area contributed by atoms with Gasteiger partial charge in [-0.1, -0.05) is 11.6 Å². The van der Waals surface area contributed by atoms with Crippen molar-refractivity contribution in [3.63, 3.8) is 0 Å². The van der Waals surface area contributed by atoms with Crippen LogP contribution in [0.2, 0.25) is 5.02 Å². The number of nitrogens with zero attached hydrogens (tertiary/aromatic N) is 2. The van der Waals surface area contributed by atoms with Crippen LogP contribution in [0.3, 0.4) is 0 Å². The lowest BCUT2D eigenvalue weighted by molar-refractivity contribution is 0.0697. The van der Waals surface area contributed by atoms with Crippen molar-refractivity contribution in [2.24, 2.45) is 0 Å². The minimum atomic E-state index is -0.988. The lowest BCUT2D eigenvalue weighted by Crippen LogP contribution is -2.50. The number of halogens is 1. The number of hydrogen-bond donors (Lipinski definition) is 1. The largest absolute Gasteiger partial charge is 0.478 e. The van der Waals surface area contributed by atoms with Gasteiger partial charge in [0, 0.05) is 31.4 Å². The summed E-state index contributed by atoms with van der Waals surface area (Å²) in [6.45, 7) is 5.09. The summed E-state index contributed by atoms with van der Waals surface area (Å²) in [5.74, 6) is -0.988. The first-order valence-electron chi connectivity index (χ1n) is 5.97. The van der Waals surface area contributed by atoms with Gasteiger partial charge in [-0.2, -0.15) is 0 Å².